The van der Waals surface area contributed by atoms with Gasteiger partial charge in [0.05, 0.1) is 29.8 Å². The number of para-hydroxylation sites is 2. The van der Waals surface area contributed by atoms with Gasteiger partial charge in [-0.25, -0.2) is 8.42 Å². The first-order chi connectivity index (χ1) is 9.07. The third-order valence-corrected chi connectivity index (χ3v) is 5.85. The summed E-state index contributed by atoms with van der Waals surface area (Å²) < 4.78 is 26.5. The van der Waals surface area contributed by atoms with Crippen LogP contribution in [0.5, 0.6) is 0 Å². The van der Waals surface area contributed by atoms with E-state index in [0.717, 1.165) is 12.8 Å². The predicted molar refractivity (Wildman–Crippen MR) is 76.5 cm³/mol. The zero-order chi connectivity index (χ0) is 13.9. The van der Waals surface area contributed by atoms with Crippen LogP contribution < -0.4 is 10.0 Å². The molecule has 5 nitrogen and oxygen atoms in total. The van der Waals surface area contributed by atoms with Crippen LogP contribution in [0.2, 0.25) is 0 Å². The van der Waals surface area contributed by atoms with E-state index >= 15 is 0 Å². The van der Waals surface area contributed by atoms with Gasteiger partial charge >= 0.3 is 0 Å². The summed E-state index contributed by atoms with van der Waals surface area (Å²) in [6, 6.07) is 6.86. The van der Waals surface area contributed by atoms with E-state index in [0.29, 0.717) is 24.2 Å². The van der Waals surface area contributed by atoms with E-state index in [-0.39, 0.29) is 18.4 Å². The number of hydrogen-bond donors (Lipinski definition) is 2. The lowest BCUT2D eigenvalue weighted by atomic mass is 10.3. The Balaban J connectivity index is 2.37. The van der Waals surface area contributed by atoms with Crippen molar-refractivity contribution in [2.75, 3.05) is 23.2 Å². The van der Waals surface area contributed by atoms with E-state index in [4.69, 9.17) is 10.8 Å². The lowest BCUT2D eigenvalue weighted by molar-refractivity contribution is 0.306. The molecule has 0 bridgehead atoms. The largest absolute Gasteiger partial charge is 0.397 e. The van der Waals surface area contributed by atoms with Crippen molar-refractivity contribution < 1.29 is 13.5 Å². The van der Waals surface area contributed by atoms with Gasteiger partial charge in [-0.3, -0.25) is 4.31 Å². The smallest absolute Gasteiger partial charge is 0.238 e. The number of sulfonamides is 1. The van der Waals surface area contributed by atoms with Crippen molar-refractivity contribution in [2.24, 2.45) is 0 Å². The fourth-order valence-corrected chi connectivity index (χ4v) is 4.62. The molecule has 0 radical (unpaired) electrons. The molecular formula is C13H20N2O3S. The normalized spacial score (nSPS) is 16.7. The Labute approximate surface area is 114 Å². The van der Waals surface area contributed by atoms with E-state index < -0.39 is 10.0 Å². The van der Waals surface area contributed by atoms with Gasteiger partial charge in [0.1, 0.15) is 0 Å². The summed E-state index contributed by atoms with van der Waals surface area (Å²) in [4.78, 5) is 0. The minimum atomic E-state index is -3.45. The topological polar surface area (TPSA) is 83.6 Å². The molecule has 6 heteroatoms. The zero-order valence-corrected chi connectivity index (χ0v) is 11.6. The molecular weight excluding hydrogens is 264 g/mol. The van der Waals surface area contributed by atoms with Gasteiger partial charge in [0.15, 0.2) is 0 Å². The summed E-state index contributed by atoms with van der Waals surface area (Å²) >= 11 is 0. The molecule has 1 aliphatic rings. The molecule has 19 heavy (non-hydrogen) atoms. The molecule has 1 aromatic carbocycles. The Morgan fingerprint density at radius 3 is 2.47 bits per heavy atom. The van der Waals surface area contributed by atoms with Crippen molar-refractivity contribution in [1.29, 1.82) is 0 Å². The van der Waals surface area contributed by atoms with Crippen molar-refractivity contribution in [3.63, 3.8) is 0 Å². The number of nitrogens with two attached hydrogens (primary N) is 1. The van der Waals surface area contributed by atoms with Gasteiger partial charge in [-0.15, -0.1) is 0 Å². The second-order valence-corrected chi connectivity index (χ2v) is 6.94. The Morgan fingerprint density at radius 1 is 1.26 bits per heavy atom. The Bertz CT molecular complexity index is 524. The highest BCUT2D eigenvalue weighted by Crippen LogP contribution is 2.32. The molecule has 0 aromatic heterocycles. The summed E-state index contributed by atoms with van der Waals surface area (Å²) in [5.74, 6) is 0. The van der Waals surface area contributed by atoms with Crippen LogP contribution in [0.4, 0.5) is 11.4 Å². The number of aliphatic hydroxyl groups is 1. The molecule has 0 amide bonds. The fraction of sp³-hybridized carbons (Fsp3) is 0.538. The second-order valence-electron chi connectivity index (χ2n) is 4.81. The number of rotatable bonds is 5. The number of nitrogen functional groups attached to an aromatic ring is 1. The lowest BCUT2D eigenvalue weighted by Gasteiger charge is -2.27. The van der Waals surface area contributed by atoms with E-state index in [1.807, 2.05) is 0 Å². The minimum absolute atomic E-state index is 0.0487. The highest BCUT2D eigenvalue weighted by atomic mass is 32.2. The van der Waals surface area contributed by atoms with Crippen molar-refractivity contribution in [3.8, 4) is 0 Å². The SMILES string of the molecule is Nc1ccccc1N(CCO)S(=O)(=O)C1CCCC1. The summed E-state index contributed by atoms with van der Waals surface area (Å²) in [7, 11) is -3.45. The van der Waals surface area contributed by atoms with Crippen LogP contribution >= 0.6 is 0 Å². The maximum absolute atomic E-state index is 12.6. The van der Waals surface area contributed by atoms with Gasteiger partial charge in [0.25, 0.3) is 0 Å². The predicted octanol–water partition coefficient (Wildman–Crippen LogP) is 1.34. The number of hydrogen-bond acceptors (Lipinski definition) is 4. The summed E-state index contributed by atoms with van der Waals surface area (Å²) in [5.41, 5.74) is 6.74. The molecule has 0 aliphatic heterocycles. The fourth-order valence-electron chi connectivity index (χ4n) is 2.56. The molecule has 106 valence electrons. The summed E-state index contributed by atoms with van der Waals surface area (Å²) in [6.45, 7) is -0.173. The number of anilines is 2. The van der Waals surface area contributed by atoms with E-state index in [2.05, 4.69) is 0 Å². The van der Waals surface area contributed by atoms with Crippen LogP contribution in [0, 0.1) is 0 Å². The van der Waals surface area contributed by atoms with Crippen LogP contribution in [-0.2, 0) is 10.0 Å². The number of aliphatic hydroxyl groups excluding tert-OH is 1. The molecule has 0 atom stereocenters. The minimum Gasteiger partial charge on any atom is -0.397 e. The van der Waals surface area contributed by atoms with Crippen LogP contribution in [0.3, 0.4) is 0 Å². The highest BCUT2D eigenvalue weighted by Gasteiger charge is 2.34. The third-order valence-electron chi connectivity index (χ3n) is 3.54. The molecule has 0 unspecified atom stereocenters. The first kappa shape index (κ1) is 14.1. The summed E-state index contributed by atoms with van der Waals surface area (Å²) in [5, 5.41) is 8.80. The Hall–Kier alpha value is -1.27. The van der Waals surface area contributed by atoms with Crippen molar-refractivity contribution in [2.45, 2.75) is 30.9 Å². The van der Waals surface area contributed by atoms with E-state index in [9.17, 15) is 8.42 Å². The van der Waals surface area contributed by atoms with E-state index in [1.165, 1.54) is 4.31 Å². The second kappa shape index (κ2) is 5.79. The van der Waals surface area contributed by atoms with E-state index in [1.54, 1.807) is 24.3 Å². The first-order valence-electron chi connectivity index (χ1n) is 6.54. The van der Waals surface area contributed by atoms with Gasteiger partial charge in [-0.05, 0) is 25.0 Å². The Morgan fingerprint density at radius 2 is 1.89 bits per heavy atom. The van der Waals surface area contributed by atoms with Crippen LogP contribution in [-0.4, -0.2) is 31.9 Å². The van der Waals surface area contributed by atoms with Gasteiger partial charge in [0.2, 0.25) is 10.0 Å². The third kappa shape index (κ3) is 2.84. The van der Waals surface area contributed by atoms with Gasteiger partial charge < -0.3 is 10.8 Å². The monoisotopic (exact) mass is 284 g/mol. The maximum Gasteiger partial charge on any atom is 0.238 e. The zero-order valence-electron chi connectivity index (χ0n) is 10.8. The molecule has 1 fully saturated rings. The van der Waals surface area contributed by atoms with Crippen molar-refractivity contribution >= 4 is 21.4 Å². The van der Waals surface area contributed by atoms with Crippen LogP contribution in [0.15, 0.2) is 24.3 Å². The molecule has 2 rings (SSSR count). The molecule has 0 spiro atoms. The average molecular weight is 284 g/mol. The molecule has 0 saturated heterocycles. The maximum atomic E-state index is 12.6. The Kier molecular flexibility index (Phi) is 4.31. The van der Waals surface area contributed by atoms with Gasteiger partial charge in [-0.2, -0.15) is 0 Å². The first-order valence-corrected chi connectivity index (χ1v) is 8.04. The average Bonchev–Trinajstić information content (AvgIpc) is 2.91. The lowest BCUT2D eigenvalue weighted by Crippen LogP contribution is -2.40. The highest BCUT2D eigenvalue weighted by molar-refractivity contribution is 7.93. The van der Waals surface area contributed by atoms with Crippen molar-refractivity contribution in [1.82, 2.24) is 0 Å². The van der Waals surface area contributed by atoms with Gasteiger partial charge in [0, 0.05) is 0 Å². The number of nitrogens with zero attached hydrogens (tertiary/aromatic N) is 1. The molecule has 1 aliphatic carbocycles. The number of benzene rings is 1. The molecule has 0 heterocycles. The standard InChI is InChI=1S/C13H20N2O3S/c14-12-7-3-4-8-13(12)15(9-10-16)19(17,18)11-5-1-2-6-11/h3-4,7-8,11,16H,1-2,5-6,9-10,14H2. The summed E-state index contributed by atoms with van der Waals surface area (Å²) in [6.07, 6.45) is 3.27. The molecule has 1 aromatic rings. The van der Waals surface area contributed by atoms with Crippen LogP contribution in [0.25, 0.3) is 0 Å². The van der Waals surface area contributed by atoms with Gasteiger partial charge in [-0.1, -0.05) is 25.0 Å². The quantitative estimate of drug-likeness (QED) is 0.799. The van der Waals surface area contributed by atoms with Crippen LogP contribution in [0.1, 0.15) is 25.7 Å². The molecule has 3 N–H and O–H groups in total. The van der Waals surface area contributed by atoms with Crippen molar-refractivity contribution in [3.05, 3.63) is 24.3 Å². The molecule has 1 saturated carbocycles.